The summed E-state index contributed by atoms with van der Waals surface area (Å²) in [6, 6.07) is 97.0. The topological polar surface area (TPSA) is 22.2 Å². The van der Waals surface area contributed by atoms with Gasteiger partial charge in [0, 0.05) is 79.1 Å². The van der Waals surface area contributed by atoms with Gasteiger partial charge in [0.15, 0.2) is 0 Å². The summed E-state index contributed by atoms with van der Waals surface area (Å²) in [5.74, 6) is 0.821. The van der Waals surface area contributed by atoms with Crippen LogP contribution in [0.3, 0.4) is 0 Å². The Kier molecular flexibility index (Phi) is 12.3. The van der Waals surface area contributed by atoms with E-state index in [1.807, 2.05) is 12.1 Å². The summed E-state index contributed by atoms with van der Waals surface area (Å²) in [5.41, 5.74) is 24.5. The standard InChI is InChI=1S/C74H62N4O/c1-51-25-27-54(28-26-51)77(62-43-47-67-65-21-13-15-23-69(65)73(2,3)71(67)49-62)59-37-33-57(34-38-59)75(52-17-9-7-10-18-52)55-29-31-56(32-30-55)76(53-19-11-8-12-20-53)58-35-39-60(40-36-58)78(61-41-45-64(79-6)46-42-61)63-44-48-68-66-22-14-16-24-70(66)74(4,5)72(68)50-63/h7-50H,1-6H3. The minimum atomic E-state index is -0.134. The molecule has 2 aliphatic carbocycles. The van der Waals surface area contributed by atoms with Crippen molar-refractivity contribution in [3.05, 3.63) is 295 Å². The molecule has 0 bridgehead atoms. The van der Waals surface area contributed by atoms with E-state index in [1.165, 1.54) is 50.1 Å². The zero-order valence-electron chi connectivity index (χ0n) is 45.6. The molecule has 79 heavy (non-hydrogen) atoms. The molecule has 2 aliphatic rings. The SMILES string of the molecule is COc1ccc(N(c2ccc(N(c3ccccc3)c3ccc(N(c4ccccc4)c4ccc(N(c5ccc(C)cc5)c5ccc6c(c5)C(C)(C)c5ccccc5-6)cc4)cc3)cc2)c2ccc3c(c2)C(C)(C)c2ccccc2-3)cc1. The van der Waals surface area contributed by atoms with Gasteiger partial charge < -0.3 is 24.3 Å². The van der Waals surface area contributed by atoms with Crippen LogP contribution < -0.4 is 24.3 Å². The van der Waals surface area contributed by atoms with Gasteiger partial charge >= 0.3 is 0 Å². The zero-order valence-corrected chi connectivity index (χ0v) is 45.6. The van der Waals surface area contributed by atoms with E-state index >= 15 is 0 Å². The number of rotatable bonds is 13. The van der Waals surface area contributed by atoms with Crippen LogP contribution in [0.5, 0.6) is 5.75 Å². The molecule has 0 spiro atoms. The van der Waals surface area contributed by atoms with E-state index in [-0.39, 0.29) is 10.8 Å². The van der Waals surface area contributed by atoms with Crippen molar-refractivity contribution in [1.29, 1.82) is 0 Å². The van der Waals surface area contributed by atoms with E-state index in [0.29, 0.717) is 0 Å². The van der Waals surface area contributed by atoms with E-state index in [4.69, 9.17) is 4.74 Å². The van der Waals surface area contributed by atoms with Crippen molar-refractivity contribution in [2.24, 2.45) is 0 Å². The second-order valence-corrected chi connectivity index (χ2v) is 21.9. The zero-order chi connectivity index (χ0) is 53.8. The molecule has 384 valence electrons. The molecule has 0 saturated carbocycles. The van der Waals surface area contributed by atoms with Gasteiger partial charge in [-0.2, -0.15) is 0 Å². The van der Waals surface area contributed by atoms with Crippen molar-refractivity contribution >= 4 is 68.2 Å². The molecule has 0 unspecified atom stereocenters. The van der Waals surface area contributed by atoms with E-state index in [9.17, 15) is 0 Å². The third-order valence-electron chi connectivity index (χ3n) is 16.4. The number of aryl methyl sites for hydroxylation is 1. The number of benzene rings is 11. The predicted molar refractivity (Wildman–Crippen MR) is 332 cm³/mol. The van der Waals surface area contributed by atoms with Crippen molar-refractivity contribution in [2.75, 3.05) is 26.7 Å². The van der Waals surface area contributed by atoms with Gasteiger partial charge in [0.2, 0.25) is 0 Å². The Morgan fingerprint density at radius 1 is 0.253 bits per heavy atom. The monoisotopic (exact) mass is 1020 g/mol. The third kappa shape index (κ3) is 8.69. The summed E-state index contributed by atoms with van der Waals surface area (Å²) >= 11 is 0. The lowest BCUT2D eigenvalue weighted by Crippen LogP contribution is -2.16. The van der Waals surface area contributed by atoms with Gasteiger partial charge in [0.1, 0.15) is 5.75 Å². The number of nitrogens with zero attached hydrogens (tertiary/aromatic N) is 4. The molecular weight excluding hydrogens is 961 g/mol. The van der Waals surface area contributed by atoms with Gasteiger partial charge in [-0.15, -0.1) is 0 Å². The molecule has 0 N–H and O–H groups in total. The minimum Gasteiger partial charge on any atom is -0.497 e. The molecule has 0 heterocycles. The Labute approximate surface area is 465 Å². The maximum Gasteiger partial charge on any atom is 0.119 e. The highest BCUT2D eigenvalue weighted by atomic mass is 16.5. The van der Waals surface area contributed by atoms with Gasteiger partial charge in [-0.05, 0) is 209 Å². The largest absolute Gasteiger partial charge is 0.497 e. The minimum absolute atomic E-state index is 0.116. The number of fused-ring (bicyclic) bond motifs is 6. The predicted octanol–water partition coefficient (Wildman–Crippen LogP) is 20.5. The molecule has 0 fully saturated rings. The van der Waals surface area contributed by atoms with Crippen molar-refractivity contribution < 1.29 is 4.74 Å². The normalized spacial score (nSPS) is 13.1. The van der Waals surface area contributed by atoms with Crippen molar-refractivity contribution in [2.45, 2.75) is 45.4 Å². The van der Waals surface area contributed by atoms with Crippen LogP contribution in [-0.4, -0.2) is 7.11 Å². The second kappa shape index (κ2) is 19.8. The van der Waals surface area contributed by atoms with Crippen LogP contribution in [0, 0.1) is 6.92 Å². The average molecular weight is 1020 g/mol. The molecular formula is C74H62N4O. The lowest BCUT2D eigenvalue weighted by atomic mass is 9.82. The molecule has 5 nitrogen and oxygen atoms in total. The molecule has 0 aliphatic heterocycles. The number of methoxy groups -OCH3 is 1. The lowest BCUT2D eigenvalue weighted by Gasteiger charge is -2.30. The summed E-state index contributed by atoms with van der Waals surface area (Å²) < 4.78 is 5.61. The number of ether oxygens (including phenoxy) is 1. The maximum atomic E-state index is 5.61. The third-order valence-corrected chi connectivity index (χ3v) is 16.4. The summed E-state index contributed by atoms with van der Waals surface area (Å²) in [4.78, 5) is 9.41. The first-order valence-corrected chi connectivity index (χ1v) is 27.4. The lowest BCUT2D eigenvalue weighted by molar-refractivity contribution is 0.415. The van der Waals surface area contributed by atoms with Gasteiger partial charge in [-0.25, -0.2) is 0 Å². The summed E-state index contributed by atoms with van der Waals surface area (Å²) in [5, 5.41) is 0. The fourth-order valence-electron chi connectivity index (χ4n) is 12.3. The van der Waals surface area contributed by atoms with Gasteiger partial charge in [0.25, 0.3) is 0 Å². The smallest absolute Gasteiger partial charge is 0.119 e. The van der Waals surface area contributed by atoms with Crippen molar-refractivity contribution in [3.8, 4) is 28.0 Å². The molecule has 11 aromatic carbocycles. The molecule has 11 aromatic rings. The highest BCUT2D eigenvalue weighted by Crippen LogP contribution is 2.53. The molecule has 0 aromatic heterocycles. The molecule has 0 atom stereocenters. The van der Waals surface area contributed by atoms with Crippen LogP contribution in [0.15, 0.2) is 267 Å². The number of hydrogen-bond donors (Lipinski definition) is 0. The fourth-order valence-corrected chi connectivity index (χ4v) is 12.3. The summed E-state index contributed by atoms with van der Waals surface area (Å²) in [6.07, 6.45) is 0. The van der Waals surface area contributed by atoms with Crippen molar-refractivity contribution in [3.63, 3.8) is 0 Å². The highest BCUT2D eigenvalue weighted by molar-refractivity contribution is 5.89. The Morgan fingerprint density at radius 3 is 0.848 bits per heavy atom. The maximum absolute atomic E-state index is 5.61. The molecule has 5 heteroatoms. The molecule has 13 rings (SSSR count). The van der Waals surface area contributed by atoms with Crippen LogP contribution in [0.25, 0.3) is 22.3 Å². The number of hydrogen-bond acceptors (Lipinski definition) is 5. The van der Waals surface area contributed by atoms with Crippen LogP contribution in [0.4, 0.5) is 68.2 Å². The quantitative estimate of drug-likeness (QED) is 0.114. The van der Waals surface area contributed by atoms with Crippen LogP contribution >= 0.6 is 0 Å². The first-order chi connectivity index (χ1) is 38.5. The number of anilines is 12. The molecule has 0 radical (unpaired) electrons. The van der Waals surface area contributed by atoms with Crippen LogP contribution in [0.2, 0.25) is 0 Å². The van der Waals surface area contributed by atoms with Crippen LogP contribution in [-0.2, 0) is 10.8 Å². The Bertz CT molecular complexity index is 3980. The summed E-state index contributed by atoms with van der Waals surface area (Å²) in [7, 11) is 1.71. The van der Waals surface area contributed by atoms with Crippen molar-refractivity contribution in [1.82, 2.24) is 0 Å². The van der Waals surface area contributed by atoms with Crippen LogP contribution in [0.1, 0.15) is 55.5 Å². The highest BCUT2D eigenvalue weighted by Gasteiger charge is 2.37. The second-order valence-electron chi connectivity index (χ2n) is 21.9. The Morgan fingerprint density at radius 2 is 0.506 bits per heavy atom. The number of para-hydroxylation sites is 2. The Hall–Kier alpha value is -9.58. The van der Waals surface area contributed by atoms with Gasteiger partial charge in [-0.3, -0.25) is 0 Å². The Balaban J connectivity index is 0.842. The van der Waals surface area contributed by atoms with Gasteiger partial charge in [0.05, 0.1) is 7.11 Å². The van der Waals surface area contributed by atoms with E-state index in [0.717, 1.165) is 74.0 Å². The average Bonchev–Trinajstić information content (AvgIpc) is 4.12. The van der Waals surface area contributed by atoms with E-state index < -0.39 is 0 Å². The first-order valence-electron chi connectivity index (χ1n) is 27.4. The van der Waals surface area contributed by atoms with E-state index in [1.54, 1.807) is 7.11 Å². The molecule has 0 saturated heterocycles. The van der Waals surface area contributed by atoms with E-state index in [2.05, 4.69) is 309 Å². The fraction of sp³-hybridized carbons (Fsp3) is 0.108. The summed E-state index contributed by atoms with van der Waals surface area (Å²) in [6.45, 7) is 11.5. The molecule has 0 amide bonds. The van der Waals surface area contributed by atoms with Gasteiger partial charge in [-0.1, -0.05) is 142 Å². The first kappa shape index (κ1) is 49.0.